The van der Waals surface area contributed by atoms with Crippen LogP contribution in [-0.2, 0) is 22.1 Å². The minimum absolute atomic E-state index is 0.0426. The number of pyridine rings is 1. The first-order valence-electron chi connectivity index (χ1n) is 13.0. The Hall–Kier alpha value is -4.46. The molecule has 1 amide bonds. The lowest BCUT2D eigenvalue weighted by Crippen LogP contribution is -2.31. The van der Waals surface area contributed by atoms with Crippen LogP contribution in [0.1, 0.15) is 53.0 Å². The molecule has 1 aliphatic rings. The first kappa shape index (κ1) is 27.1. The quantitative estimate of drug-likeness (QED) is 0.263. The number of nitrogens with zero attached hydrogens (tertiary/aromatic N) is 1. The number of nitrogens with one attached hydrogen (secondary N) is 1. The molecule has 1 aliphatic carbocycles. The van der Waals surface area contributed by atoms with E-state index in [0.29, 0.717) is 22.9 Å². The van der Waals surface area contributed by atoms with E-state index in [2.05, 4.69) is 18.3 Å². The number of hydrogen-bond acceptors (Lipinski definition) is 4. The predicted molar refractivity (Wildman–Crippen MR) is 148 cm³/mol. The maximum Gasteiger partial charge on any atom is 0.416 e. The average molecular weight is 545 g/mol. The van der Waals surface area contributed by atoms with Crippen molar-refractivity contribution in [3.63, 3.8) is 0 Å². The van der Waals surface area contributed by atoms with Gasteiger partial charge in [0, 0.05) is 11.1 Å². The zero-order valence-corrected chi connectivity index (χ0v) is 22.0. The van der Waals surface area contributed by atoms with Crippen LogP contribution in [0.2, 0.25) is 0 Å². The summed E-state index contributed by atoms with van der Waals surface area (Å²) in [5.41, 5.74) is 3.57. The van der Waals surface area contributed by atoms with Crippen LogP contribution in [0.5, 0.6) is 0 Å². The second-order valence-corrected chi connectivity index (χ2v) is 10.0. The molecule has 0 saturated carbocycles. The van der Waals surface area contributed by atoms with Crippen LogP contribution in [-0.4, -0.2) is 23.0 Å². The second kappa shape index (κ2) is 11.0. The van der Waals surface area contributed by atoms with E-state index in [1.54, 1.807) is 6.07 Å². The van der Waals surface area contributed by atoms with E-state index >= 15 is 0 Å². The van der Waals surface area contributed by atoms with E-state index in [1.165, 1.54) is 19.1 Å². The number of esters is 1. The number of alkyl halides is 3. The normalized spacial score (nSPS) is 16.8. The molecule has 0 radical (unpaired) electrons. The number of anilines is 1. The monoisotopic (exact) mass is 544 g/mol. The Labute approximate surface area is 229 Å². The minimum Gasteiger partial charge on any atom is -0.449 e. The standard InChI is InChI=1S/C32H27F3N2O3/c1-19-15-22(17-21-9-4-3-5-10-21)29-26(16-19)28(25-13-6-7-14-27(25)37-29)31(39)40-20(2)30(38)36-24-12-8-11-23(18-24)32(33,34)35/h3-14,17-20H,15-16H2,1-2H3,(H,36,38)/b22-17-/t19-,20+/m0/s1. The van der Waals surface area contributed by atoms with Crippen molar-refractivity contribution >= 4 is 40.1 Å². The average Bonchev–Trinajstić information content (AvgIpc) is 2.92. The minimum atomic E-state index is -4.55. The number of allylic oxidation sites excluding steroid dienone is 1. The van der Waals surface area contributed by atoms with Crippen LogP contribution in [0.4, 0.5) is 18.9 Å². The summed E-state index contributed by atoms with van der Waals surface area (Å²) in [4.78, 5) is 31.4. The summed E-state index contributed by atoms with van der Waals surface area (Å²) in [6, 6.07) is 21.5. The highest BCUT2D eigenvalue weighted by Crippen LogP contribution is 2.39. The van der Waals surface area contributed by atoms with Crippen LogP contribution < -0.4 is 5.32 Å². The number of hydrogen-bond donors (Lipinski definition) is 1. The highest BCUT2D eigenvalue weighted by Gasteiger charge is 2.32. The Morgan fingerprint density at radius 3 is 2.48 bits per heavy atom. The maximum absolute atomic E-state index is 13.7. The summed E-state index contributed by atoms with van der Waals surface area (Å²) < 4.78 is 44.8. The summed E-state index contributed by atoms with van der Waals surface area (Å²) in [5.74, 6) is -1.19. The van der Waals surface area contributed by atoms with Gasteiger partial charge in [0.2, 0.25) is 0 Å². The Bertz CT molecular complexity index is 1610. The van der Waals surface area contributed by atoms with E-state index < -0.39 is 29.7 Å². The first-order valence-corrected chi connectivity index (χ1v) is 13.0. The van der Waals surface area contributed by atoms with Crippen molar-refractivity contribution in [1.82, 2.24) is 4.98 Å². The molecule has 5 nitrogen and oxygen atoms in total. The molecule has 2 atom stereocenters. The molecule has 4 aromatic rings. The van der Waals surface area contributed by atoms with Crippen LogP contribution >= 0.6 is 0 Å². The van der Waals surface area contributed by atoms with E-state index in [-0.39, 0.29) is 11.6 Å². The van der Waals surface area contributed by atoms with Crippen LogP contribution in [0.25, 0.3) is 22.6 Å². The van der Waals surface area contributed by atoms with Crippen molar-refractivity contribution in [2.75, 3.05) is 5.32 Å². The fourth-order valence-corrected chi connectivity index (χ4v) is 5.01. The molecule has 8 heteroatoms. The molecule has 0 saturated heterocycles. The first-order chi connectivity index (χ1) is 19.1. The summed E-state index contributed by atoms with van der Waals surface area (Å²) >= 11 is 0. The Kier molecular flexibility index (Phi) is 7.43. The molecule has 0 spiro atoms. The van der Waals surface area contributed by atoms with Gasteiger partial charge >= 0.3 is 12.1 Å². The molecule has 1 heterocycles. The molecular weight excluding hydrogens is 517 g/mol. The molecule has 1 aromatic heterocycles. The van der Waals surface area contributed by atoms with Gasteiger partial charge in [-0.1, -0.05) is 61.5 Å². The summed E-state index contributed by atoms with van der Waals surface area (Å²) in [6.07, 6.45) is -2.33. The van der Waals surface area contributed by atoms with Gasteiger partial charge in [-0.2, -0.15) is 13.2 Å². The smallest absolute Gasteiger partial charge is 0.416 e. The zero-order valence-electron chi connectivity index (χ0n) is 22.0. The third-order valence-electron chi connectivity index (χ3n) is 6.87. The van der Waals surface area contributed by atoms with Gasteiger partial charge in [0.05, 0.1) is 22.3 Å². The molecule has 40 heavy (non-hydrogen) atoms. The number of carbonyl (C=O) groups is 2. The number of carbonyl (C=O) groups excluding carboxylic acids is 2. The number of amides is 1. The van der Waals surface area contributed by atoms with Crippen molar-refractivity contribution in [2.45, 2.75) is 39.0 Å². The van der Waals surface area contributed by atoms with Crippen molar-refractivity contribution < 1.29 is 27.5 Å². The highest BCUT2D eigenvalue weighted by molar-refractivity contribution is 6.07. The van der Waals surface area contributed by atoms with Gasteiger partial charge < -0.3 is 10.1 Å². The van der Waals surface area contributed by atoms with E-state index in [4.69, 9.17) is 9.72 Å². The Morgan fingerprint density at radius 1 is 1.00 bits per heavy atom. The number of rotatable bonds is 5. The lowest BCUT2D eigenvalue weighted by Gasteiger charge is -2.27. The van der Waals surface area contributed by atoms with Gasteiger partial charge in [-0.05, 0) is 72.7 Å². The maximum atomic E-state index is 13.7. The molecule has 0 fully saturated rings. The van der Waals surface area contributed by atoms with Gasteiger partial charge in [-0.3, -0.25) is 4.79 Å². The van der Waals surface area contributed by atoms with Gasteiger partial charge in [0.25, 0.3) is 5.91 Å². The third kappa shape index (κ3) is 5.76. The van der Waals surface area contributed by atoms with E-state index in [9.17, 15) is 22.8 Å². The zero-order chi connectivity index (χ0) is 28.4. The van der Waals surface area contributed by atoms with Gasteiger partial charge in [-0.25, -0.2) is 9.78 Å². The van der Waals surface area contributed by atoms with Crippen molar-refractivity contribution in [2.24, 2.45) is 5.92 Å². The Balaban J connectivity index is 1.47. The lowest BCUT2D eigenvalue weighted by atomic mass is 9.80. The SMILES string of the molecule is C[C@H]1C/C(=C/c2ccccc2)c2nc3ccccc3c(C(=O)O[C@H](C)C(=O)Nc3cccc(C(F)(F)F)c3)c2C1. The van der Waals surface area contributed by atoms with Gasteiger partial charge in [-0.15, -0.1) is 0 Å². The van der Waals surface area contributed by atoms with Crippen molar-refractivity contribution in [3.8, 4) is 0 Å². The molecular formula is C32H27F3N2O3. The molecule has 3 aromatic carbocycles. The summed E-state index contributed by atoms with van der Waals surface area (Å²) in [7, 11) is 0. The summed E-state index contributed by atoms with van der Waals surface area (Å²) in [5, 5.41) is 3.03. The van der Waals surface area contributed by atoms with Gasteiger partial charge in [0.15, 0.2) is 6.10 Å². The number of fused-ring (bicyclic) bond motifs is 2. The highest BCUT2D eigenvalue weighted by atomic mass is 19.4. The molecule has 1 N–H and O–H groups in total. The number of para-hydroxylation sites is 1. The van der Waals surface area contributed by atoms with Crippen molar-refractivity contribution in [3.05, 3.63) is 107 Å². The topological polar surface area (TPSA) is 68.3 Å². The number of halogens is 3. The number of aromatic nitrogens is 1. The van der Waals surface area contributed by atoms with Crippen molar-refractivity contribution in [1.29, 1.82) is 0 Å². The van der Waals surface area contributed by atoms with E-state index in [0.717, 1.165) is 40.9 Å². The molecule has 5 rings (SSSR count). The lowest BCUT2D eigenvalue weighted by molar-refractivity contribution is -0.137. The molecule has 0 unspecified atom stereocenters. The predicted octanol–water partition coefficient (Wildman–Crippen LogP) is 7.56. The number of ether oxygens (including phenoxy) is 1. The van der Waals surface area contributed by atoms with Crippen LogP contribution in [0, 0.1) is 5.92 Å². The van der Waals surface area contributed by atoms with Crippen LogP contribution in [0.3, 0.4) is 0 Å². The van der Waals surface area contributed by atoms with Gasteiger partial charge in [0.1, 0.15) is 0 Å². The molecule has 204 valence electrons. The Morgan fingerprint density at radius 2 is 1.73 bits per heavy atom. The molecule has 0 bridgehead atoms. The third-order valence-corrected chi connectivity index (χ3v) is 6.87. The van der Waals surface area contributed by atoms with E-state index in [1.807, 2.05) is 48.5 Å². The second-order valence-electron chi connectivity index (χ2n) is 10.0. The number of benzene rings is 3. The fraction of sp³-hybridized carbons (Fsp3) is 0.219. The van der Waals surface area contributed by atoms with Crippen LogP contribution in [0.15, 0.2) is 78.9 Å². The fourth-order valence-electron chi connectivity index (χ4n) is 5.01. The molecule has 0 aliphatic heterocycles. The summed E-state index contributed by atoms with van der Waals surface area (Å²) in [6.45, 7) is 3.50. The largest absolute Gasteiger partial charge is 0.449 e.